The van der Waals surface area contributed by atoms with Crippen LogP contribution >= 0.6 is 23.2 Å². The van der Waals surface area contributed by atoms with Crippen molar-refractivity contribution in [3.63, 3.8) is 0 Å². The summed E-state index contributed by atoms with van der Waals surface area (Å²) in [6.45, 7) is 1.17. The summed E-state index contributed by atoms with van der Waals surface area (Å²) < 4.78 is 37.9. The maximum absolute atomic E-state index is 12.9. The number of benzene rings is 2. The molecule has 0 bridgehead atoms. The first-order chi connectivity index (χ1) is 15.3. The van der Waals surface area contributed by atoms with E-state index in [1.165, 1.54) is 4.31 Å². The number of halogens is 2. The van der Waals surface area contributed by atoms with Gasteiger partial charge in [-0.25, -0.2) is 12.7 Å². The number of hydrogen-bond acceptors (Lipinski definition) is 5. The summed E-state index contributed by atoms with van der Waals surface area (Å²) in [6.07, 6.45) is 1.26. The molecule has 2 aromatic rings. The molecule has 1 aliphatic heterocycles. The summed E-state index contributed by atoms with van der Waals surface area (Å²) in [7, 11) is -2.00. The van der Waals surface area contributed by atoms with Crippen LogP contribution in [0.15, 0.2) is 42.5 Å². The van der Waals surface area contributed by atoms with E-state index >= 15 is 0 Å². The van der Waals surface area contributed by atoms with E-state index in [-0.39, 0.29) is 18.2 Å². The minimum Gasteiger partial charge on any atom is -0.497 e. The Labute approximate surface area is 198 Å². The average Bonchev–Trinajstić information content (AvgIpc) is 2.79. The smallest absolute Gasteiger partial charge is 0.224 e. The molecule has 1 aliphatic rings. The van der Waals surface area contributed by atoms with E-state index in [1.54, 1.807) is 31.4 Å². The molecule has 0 aromatic heterocycles. The third-order valence-electron chi connectivity index (χ3n) is 5.19. The van der Waals surface area contributed by atoms with Crippen LogP contribution in [0, 0.1) is 5.92 Å². The molecule has 0 unspecified atom stereocenters. The van der Waals surface area contributed by atoms with Crippen molar-refractivity contribution in [2.75, 3.05) is 33.4 Å². The number of sulfonamides is 1. The summed E-state index contributed by atoms with van der Waals surface area (Å²) >= 11 is 11.9. The summed E-state index contributed by atoms with van der Waals surface area (Å²) in [4.78, 5) is 12.6. The number of ether oxygens (including phenoxy) is 2. The number of carbonyl (C=O) groups is 1. The van der Waals surface area contributed by atoms with Gasteiger partial charge in [-0.1, -0.05) is 35.3 Å². The first kappa shape index (κ1) is 24.6. The van der Waals surface area contributed by atoms with Crippen LogP contribution in [0.25, 0.3) is 0 Å². The predicted molar refractivity (Wildman–Crippen MR) is 125 cm³/mol. The van der Waals surface area contributed by atoms with Crippen molar-refractivity contribution >= 4 is 39.1 Å². The Morgan fingerprint density at radius 2 is 1.94 bits per heavy atom. The predicted octanol–water partition coefficient (Wildman–Crippen LogP) is 3.74. The molecular weight excluding hydrogens is 475 g/mol. The van der Waals surface area contributed by atoms with E-state index in [2.05, 4.69) is 5.32 Å². The van der Waals surface area contributed by atoms with Crippen molar-refractivity contribution in [2.45, 2.75) is 18.6 Å². The highest BCUT2D eigenvalue weighted by atomic mass is 35.5. The number of carbonyl (C=O) groups excluding carboxylic acids is 1. The third-order valence-corrected chi connectivity index (χ3v) is 7.75. The molecule has 174 valence electrons. The minimum absolute atomic E-state index is 0.159. The lowest BCUT2D eigenvalue weighted by atomic mass is 9.99. The van der Waals surface area contributed by atoms with Gasteiger partial charge in [0.25, 0.3) is 0 Å². The molecule has 1 atom stereocenters. The SMILES string of the molecule is COc1cccc(OCCNC(=O)[C@@H]2CCCN(S(=O)(=O)Cc3ccc(Cl)c(Cl)c3)C2)c1. The number of amides is 1. The van der Waals surface area contributed by atoms with Crippen LogP contribution in [0.2, 0.25) is 10.0 Å². The number of methoxy groups -OCH3 is 1. The Balaban J connectivity index is 1.49. The lowest BCUT2D eigenvalue weighted by Crippen LogP contribution is -2.46. The number of hydrogen-bond donors (Lipinski definition) is 1. The Morgan fingerprint density at radius 3 is 2.69 bits per heavy atom. The molecule has 0 radical (unpaired) electrons. The van der Waals surface area contributed by atoms with E-state index in [4.69, 9.17) is 32.7 Å². The number of rotatable bonds is 9. The molecule has 7 nitrogen and oxygen atoms in total. The Morgan fingerprint density at radius 1 is 1.16 bits per heavy atom. The summed E-state index contributed by atoms with van der Waals surface area (Å²) in [5.74, 6) is 0.580. The monoisotopic (exact) mass is 500 g/mol. The first-order valence-corrected chi connectivity index (χ1v) is 12.6. The van der Waals surface area contributed by atoms with Crippen molar-refractivity contribution in [3.8, 4) is 11.5 Å². The van der Waals surface area contributed by atoms with Gasteiger partial charge in [0.05, 0.1) is 35.4 Å². The molecular formula is C22H26Cl2N2O5S. The molecule has 0 saturated carbocycles. The van der Waals surface area contributed by atoms with Crippen molar-refractivity contribution in [2.24, 2.45) is 5.92 Å². The van der Waals surface area contributed by atoms with Crippen LogP contribution in [-0.4, -0.2) is 52.0 Å². The second-order valence-electron chi connectivity index (χ2n) is 7.52. The van der Waals surface area contributed by atoms with Crippen molar-refractivity contribution in [3.05, 3.63) is 58.1 Å². The van der Waals surface area contributed by atoms with Gasteiger partial charge in [0.15, 0.2) is 0 Å². The molecule has 1 fully saturated rings. The zero-order valence-corrected chi connectivity index (χ0v) is 20.0. The Hall–Kier alpha value is -2.00. The van der Waals surface area contributed by atoms with Gasteiger partial charge in [-0.15, -0.1) is 0 Å². The molecule has 1 saturated heterocycles. The van der Waals surface area contributed by atoms with Crippen LogP contribution in [0.3, 0.4) is 0 Å². The van der Waals surface area contributed by atoms with Crippen molar-refractivity contribution in [1.82, 2.24) is 9.62 Å². The average molecular weight is 501 g/mol. The maximum Gasteiger partial charge on any atom is 0.224 e. The van der Waals surface area contributed by atoms with E-state index in [0.29, 0.717) is 59.6 Å². The van der Waals surface area contributed by atoms with Gasteiger partial charge >= 0.3 is 0 Å². The highest BCUT2D eigenvalue weighted by Gasteiger charge is 2.32. The van der Waals surface area contributed by atoms with E-state index < -0.39 is 15.9 Å². The molecule has 0 spiro atoms. The molecule has 2 aromatic carbocycles. The number of piperidine rings is 1. The molecule has 1 amide bonds. The van der Waals surface area contributed by atoms with Crippen LogP contribution in [0.1, 0.15) is 18.4 Å². The fraction of sp³-hybridized carbons (Fsp3) is 0.409. The fourth-order valence-electron chi connectivity index (χ4n) is 3.52. The summed E-state index contributed by atoms with van der Waals surface area (Å²) in [5, 5.41) is 3.52. The highest BCUT2D eigenvalue weighted by molar-refractivity contribution is 7.88. The zero-order valence-electron chi connectivity index (χ0n) is 17.7. The Bertz CT molecular complexity index is 1050. The Kier molecular flexibility index (Phi) is 8.64. The summed E-state index contributed by atoms with van der Waals surface area (Å²) in [6, 6.07) is 12.0. The second-order valence-corrected chi connectivity index (χ2v) is 10.3. The van der Waals surface area contributed by atoms with Gasteiger partial charge in [-0.2, -0.15) is 0 Å². The van der Waals surface area contributed by atoms with Gasteiger partial charge in [-0.05, 0) is 42.7 Å². The third kappa shape index (κ3) is 6.75. The van der Waals surface area contributed by atoms with Crippen molar-refractivity contribution in [1.29, 1.82) is 0 Å². The van der Waals surface area contributed by atoms with E-state index in [0.717, 1.165) is 0 Å². The standard InChI is InChI=1S/C22H26Cl2N2O5S/c1-30-18-5-2-6-19(13-18)31-11-9-25-22(27)17-4-3-10-26(14-17)32(28,29)15-16-7-8-20(23)21(24)12-16/h2,5-8,12-13,17H,3-4,9-11,14-15H2,1H3,(H,25,27)/t17-/m1/s1. The van der Waals surface area contributed by atoms with Crippen LogP contribution in [0.5, 0.6) is 11.5 Å². The minimum atomic E-state index is -3.59. The molecule has 1 N–H and O–H groups in total. The molecule has 10 heteroatoms. The molecule has 1 heterocycles. The fourth-order valence-corrected chi connectivity index (χ4v) is 5.44. The highest BCUT2D eigenvalue weighted by Crippen LogP contribution is 2.26. The maximum atomic E-state index is 12.9. The zero-order chi connectivity index (χ0) is 23.1. The van der Waals surface area contributed by atoms with Gasteiger partial charge in [0.2, 0.25) is 15.9 Å². The topological polar surface area (TPSA) is 84.9 Å². The molecule has 3 rings (SSSR count). The number of nitrogens with zero attached hydrogens (tertiary/aromatic N) is 1. The summed E-state index contributed by atoms with van der Waals surface area (Å²) in [5.41, 5.74) is 0.556. The second kappa shape index (κ2) is 11.2. The lowest BCUT2D eigenvalue weighted by Gasteiger charge is -2.31. The largest absolute Gasteiger partial charge is 0.497 e. The van der Waals surface area contributed by atoms with E-state index in [9.17, 15) is 13.2 Å². The van der Waals surface area contributed by atoms with Gasteiger partial charge in [0, 0.05) is 19.2 Å². The van der Waals surface area contributed by atoms with Gasteiger partial charge in [-0.3, -0.25) is 4.79 Å². The number of nitrogens with one attached hydrogen (secondary N) is 1. The first-order valence-electron chi connectivity index (χ1n) is 10.2. The van der Waals surface area contributed by atoms with Gasteiger partial charge in [0.1, 0.15) is 18.1 Å². The van der Waals surface area contributed by atoms with Gasteiger partial charge < -0.3 is 14.8 Å². The van der Waals surface area contributed by atoms with Crippen LogP contribution in [-0.2, 0) is 20.6 Å². The quantitative estimate of drug-likeness (QED) is 0.530. The molecule has 0 aliphatic carbocycles. The van der Waals surface area contributed by atoms with Crippen molar-refractivity contribution < 1.29 is 22.7 Å². The van der Waals surface area contributed by atoms with E-state index in [1.807, 2.05) is 18.2 Å². The molecule has 32 heavy (non-hydrogen) atoms. The van der Waals surface area contributed by atoms with Crippen LogP contribution < -0.4 is 14.8 Å². The van der Waals surface area contributed by atoms with Crippen LogP contribution in [0.4, 0.5) is 0 Å². The normalized spacial score (nSPS) is 17.0. The lowest BCUT2D eigenvalue weighted by molar-refractivity contribution is -0.126.